The minimum absolute atomic E-state index is 0.249. The van der Waals surface area contributed by atoms with Crippen molar-refractivity contribution >= 4 is 12.1 Å². The zero-order valence-corrected chi connectivity index (χ0v) is 18.4. The molecule has 2 N–H and O–H groups in total. The average molecular weight is 432 g/mol. The standard InChI is InChI=1S/C21H37NO8/c1-5-10-26-12-14-28-16-17-29-15-13-27-11-6-7-18(19(23)24)8-9-22-20(25)30-21(2,3)4/h1,18H,6-17H2,2-4H3,(H,22,25)(H,23,24)/t18-/m0/s1. The summed E-state index contributed by atoms with van der Waals surface area (Å²) in [5, 5.41) is 11.9. The lowest BCUT2D eigenvalue weighted by Crippen LogP contribution is -2.34. The van der Waals surface area contributed by atoms with Crippen LogP contribution >= 0.6 is 0 Å². The highest BCUT2D eigenvalue weighted by molar-refractivity contribution is 5.70. The lowest BCUT2D eigenvalue weighted by molar-refractivity contribution is -0.142. The molecule has 1 atom stereocenters. The first-order chi connectivity index (χ1) is 14.3. The lowest BCUT2D eigenvalue weighted by atomic mass is 10.00. The summed E-state index contributed by atoms with van der Waals surface area (Å²) in [6, 6.07) is 0. The van der Waals surface area contributed by atoms with Crippen LogP contribution < -0.4 is 5.32 Å². The molecule has 0 spiro atoms. The topological polar surface area (TPSA) is 113 Å². The summed E-state index contributed by atoms with van der Waals surface area (Å²) in [7, 11) is 0. The molecule has 0 bridgehead atoms. The fraction of sp³-hybridized carbons (Fsp3) is 0.810. The summed E-state index contributed by atoms with van der Waals surface area (Å²) in [5.41, 5.74) is -0.582. The number of hydrogen-bond acceptors (Lipinski definition) is 7. The van der Waals surface area contributed by atoms with E-state index in [1.54, 1.807) is 20.8 Å². The minimum atomic E-state index is -0.881. The van der Waals surface area contributed by atoms with E-state index in [0.29, 0.717) is 65.5 Å². The van der Waals surface area contributed by atoms with Gasteiger partial charge in [0.15, 0.2) is 0 Å². The number of aliphatic carboxylic acids is 1. The Kier molecular flexibility index (Phi) is 16.8. The van der Waals surface area contributed by atoms with Crippen LogP contribution in [0.1, 0.15) is 40.0 Å². The van der Waals surface area contributed by atoms with Gasteiger partial charge in [0.1, 0.15) is 12.2 Å². The summed E-state index contributed by atoms with van der Waals surface area (Å²) in [6.07, 6.45) is 5.93. The Morgan fingerprint density at radius 3 is 1.97 bits per heavy atom. The van der Waals surface area contributed by atoms with Crippen LogP contribution in [0.3, 0.4) is 0 Å². The Hall–Kier alpha value is -1.86. The number of terminal acetylenes is 1. The van der Waals surface area contributed by atoms with Gasteiger partial charge in [0.2, 0.25) is 0 Å². The zero-order valence-electron chi connectivity index (χ0n) is 18.4. The maximum atomic E-state index is 11.6. The second-order valence-electron chi connectivity index (χ2n) is 7.49. The smallest absolute Gasteiger partial charge is 0.407 e. The molecule has 9 heteroatoms. The van der Waals surface area contributed by atoms with Gasteiger partial charge in [-0.3, -0.25) is 4.79 Å². The van der Waals surface area contributed by atoms with Gasteiger partial charge in [0, 0.05) is 13.2 Å². The SMILES string of the molecule is C#CCOCCOCCOCCOCCC[C@@H](CCNC(=O)OC(C)(C)C)C(=O)O. The summed E-state index contributed by atoms with van der Waals surface area (Å²) in [6.45, 7) is 9.04. The first kappa shape index (κ1) is 28.1. The number of alkyl carbamates (subject to hydrolysis) is 1. The number of rotatable bonds is 18. The van der Waals surface area contributed by atoms with E-state index >= 15 is 0 Å². The Labute approximate surface area is 179 Å². The Bertz CT molecular complexity index is 498. The average Bonchev–Trinajstić information content (AvgIpc) is 2.65. The molecule has 0 fully saturated rings. The van der Waals surface area contributed by atoms with Gasteiger partial charge in [-0.2, -0.15) is 0 Å². The van der Waals surface area contributed by atoms with E-state index in [4.69, 9.17) is 30.1 Å². The fourth-order valence-electron chi connectivity index (χ4n) is 2.28. The second-order valence-corrected chi connectivity index (χ2v) is 7.49. The highest BCUT2D eigenvalue weighted by Crippen LogP contribution is 2.12. The molecule has 0 rings (SSSR count). The fourth-order valence-corrected chi connectivity index (χ4v) is 2.28. The molecular formula is C21H37NO8. The highest BCUT2D eigenvalue weighted by Gasteiger charge is 2.19. The molecule has 0 radical (unpaired) electrons. The third kappa shape index (κ3) is 19.5. The molecule has 30 heavy (non-hydrogen) atoms. The Balaban J connectivity index is 3.59. The van der Waals surface area contributed by atoms with Crippen LogP contribution in [-0.2, 0) is 28.5 Å². The molecule has 174 valence electrons. The highest BCUT2D eigenvalue weighted by atomic mass is 16.6. The molecule has 0 aromatic heterocycles. The van der Waals surface area contributed by atoms with Crippen LogP contribution in [0.15, 0.2) is 0 Å². The van der Waals surface area contributed by atoms with Gasteiger partial charge < -0.3 is 34.1 Å². The van der Waals surface area contributed by atoms with Gasteiger partial charge in [-0.15, -0.1) is 6.42 Å². The maximum Gasteiger partial charge on any atom is 0.407 e. The van der Waals surface area contributed by atoms with Crippen molar-refractivity contribution in [3.05, 3.63) is 0 Å². The number of ether oxygens (including phenoxy) is 5. The van der Waals surface area contributed by atoms with Crippen molar-refractivity contribution in [3.63, 3.8) is 0 Å². The molecule has 0 saturated carbocycles. The molecule has 0 heterocycles. The summed E-state index contributed by atoms with van der Waals surface area (Å²) >= 11 is 0. The lowest BCUT2D eigenvalue weighted by Gasteiger charge is -2.20. The van der Waals surface area contributed by atoms with Crippen molar-refractivity contribution in [2.75, 3.05) is 59.4 Å². The molecule has 0 unspecified atom stereocenters. The van der Waals surface area contributed by atoms with Gasteiger partial charge in [0.25, 0.3) is 0 Å². The van der Waals surface area contributed by atoms with Crippen molar-refractivity contribution in [2.24, 2.45) is 5.92 Å². The zero-order chi connectivity index (χ0) is 22.7. The number of nitrogens with one attached hydrogen (secondary N) is 1. The number of carboxylic acid groups (broad SMARTS) is 1. The van der Waals surface area contributed by atoms with E-state index in [0.717, 1.165) is 0 Å². The predicted molar refractivity (Wildman–Crippen MR) is 111 cm³/mol. The first-order valence-corrected chi connectivity index (χ1v) is 10.2. The van der Waals surface area contributed by atoms with E-state index in [1.807, 2.05) is 0 Å². The number of carbonyl (C=O) groups excluding carboxylic acids is 1. The van der Waals surface area contributed by atoms with Gasteiger partial charge in [-0.1, -0.05) is 5.92 Å². The summed E-state index contributed by atoms with van der Waals surface area (Å²) < 4.78 is 26.3. The van der Waals surface area contributed by atoms with Crippen molar-refractivity contribution in [1.82, 2.24) is 5.32 Å². The van der Waals surface area contributed by atoms with Crippen LogP contribution in [-0.4, -0.2) is 82.2 Å². The molecule has 0 saturated heterocycles. The van der Waals surface area contributed by atoms with E-state index in [1.165, 1.54) is 0 Å². The first-order valence-electron chi connectivity index (χ1n) is 10.2. The van der Waals surface area contributed by atoms with Crippen molar-refractivity contribution in [1.29, 1.82) is 0 Å². The van der Waals surface area contributed by atoms with Gasteiger partial charge in [-0.25, -0.2) is 4.79 Å². The molecule has 0 aromatic carbocycles. The quantitative estimate of drug-likeness (QED) is 0.251. The second kappa shape index (κ2) is 18.0. The van der Waals surface area contributed by atoms with Gasteiger partial charge in [0.05, 0.1) is 45.6 Å². The predicted octanol–water partition coefficient (Wildman–Crippen LogP) is 2.08. The van der Waals surface area contributed by atoms with Crippen LogP contribution in [0.25, 0.3) is 0 Å². The molecule has 0 aliphatic heterocycles. The van der Waals surface area contributed by atoms with Crippen LogP contribution in [0.5, 0.6) is 0 Å². The van der Waals surface area contributed by atoms with E-state index in [9.17, 15) is 14.7 Å². The monoisotopic (exact) mass is 431 g/mol. The number of amides is 1. The Morgan fingerprint density at radius 2 is 1.47 bits per heavy atom. The number of carbonyl (C=O) groups is 2. The summed E-state index contributed by atoms with van der Waals surface area (Å²) in [5.74, 6) is 0.953. The van der Waals surface area contributed by atoms with E-state index in [2.05, 4.69) is 11.2 Å². The molecule has 1 amide bonds. The normalized spacial score (nSPS) is 12.2. The van der Waals surface area contributed by atoms with Crippen molar-refractivity contribution in [2.45, 2.75) is 45.6 Å². The van der Waals surface area contributed by atoms with Gasteiger partial charge >= 0.3 is 12.1 Å². The van der Waals surface area contributed by atoms with Gasteiger partial charge in [-0.05, 0) is 40.0 Å². The van der Waals surface area contributed by atoms with E-state index in [-0.39, 0.29) is 13.2 Å². The number of hydrogen-bond donors (Lipinski definition) is 2. The molecule has 0 aliphatic carbocycles. The number of carboxylic acids is 1. The molecule has 0 aliphatic rings. The van der Waals surface area contributed by atoms with Crippen LogP contribution in [0.2, 0.25) is 0 Å². The Morgan fingerprint density at radius 1 is 0.933 bits per heavy atom. The largest absolute Gasteiger partial charge is 0.481 e. The maximum absolute atomic E-state index is 11.6. The minimum Gasteiger partial charge on any atom is -0.481 e. The summed E-state index contributed by atoms with van der Waals surface area (Å²) in [4.78, 5) is 22.9. The van der Waals surface area contributed by atoms with Crippen LogP contribution in [0, 0.1) is 18.3 Å². The third-order valence-corrected chi connectivity index (χ3v) is 3.65. The third-order valence-electron chi connectivity index (χ3n) is 3.65. The molecular weight excluding hydrogens is 394 g/mol. The van der Waals surface area contributed by atoms with E-state index < -0.39 is 23.6 Å². The van der Waals surface area contributed by atoms with Crippen LogP contribution in [0.4, 0.5) is 4.79 Å². The molecule has 0 aromatic rings. The van der Waals surface area contributed by atoms with Crippen molar-refractivity contribution in [3.8, 4) is 12.3 Å². The molecule has 9 nitrogen and oxygen atoms in total. The van der Waals surface area contributed by atoms with Crippen molar-refractivity contribution < 1.29 is 38.4 Å².